The van der Waals surface area contributed by atoms with E-state index in [4.69, 9.17) is 4.99 Å². The molecule has 7 heteroatoms. The molecular formula is C31H26N4O3. The molecule has 3 N–H and O–H groups in total. The lowest BCUT2D eigenvalue weighted by Gasteiger charge is -2.22. The molecule has 0 saturated heterocycles. The van der Waals surface area contributed by atoms with Crippen molar-refractivity contribution in [3.05, 3.63) is 126 Å². The fourth-order valence-electron chi connectivity index (χ4n) is 4.30. The number of carbonyl (C=O) groups excluding carboxylic acids is 2. The molecule has 0 aliphatic heterocycles. The van der Waals surface area contributed by atoms with Gasteiger partial charge in [-0.05, 0) is 42.5 Å². The highest BCUT2D eigenvalue weighted by molar-refractivity contribution is 6.21. The first-order chi connectivity index (χ1) is 18.5. The van der Waals surface area contributed by atoms with Crippen LogP contribution in [0.2, 0.25) is 0 Å². The van der Waals surface area contributed by atoms with E-state index in [1.54, 1.807) is 48.5 Å². The number of amides is 2. The molecule has 0 spiro atoms. The third-order valence-corrected chi connectivity index (χ3v) is 6.22. The molecule has 0 fully saturated rings. The van der Waals surface area contributed by atoms with Crippen LogP contribution in [0.15, 0.2) is 114 Å². The number of anilines is 1. The Morgan fingerprint density at radius 1 is 0.816 bits per heavy atom. The van der Waals surface area contributed by atoms with Crippen LogP contribution in [0.4, 0.5) is 11.4 Å². The third-order valence-electron chi connectivity index (χ3n) is 6.22. The molecule has 0 bridgehead atoms. The van der Waals surface area contributed by atoms with Crippen LogP contribution in [0.5, 0.6) is 5.88 Å². The van der Waals surface area contributed by atoms with E-state index in [1.807, 2.05) is 60.7 Å². The summed E-state index contributed by atoms with van der Waals surface area (Å²) in [4.78, 5) is 34.9. The molecule has 0 saturated carbocycles. The molecule has 1 heterocycles. The predicted molar refractivity (Wildman–Crippen MR) is 150 cm³/mol. The normalized spacial score (nSPS) is 11.3. The van der Waals surface area contributed by atoms with Gasteiger partial charge in [-0.25, -0.2) is 4.99 Å². The van der Waals surface area contributed by atoms with Gasteiger partial charge in [-0.2, -0.15) is 0 Å². The second-order valence-electron chi connectivity index (χ2n) is 8.67. The van der Waals surface area contributed by atoms with Gasteiger partial charge in [-0.3, -0.25) is 14.5 Å². The molecule has 0 radical (unpaired) electrons. The molecule has 0 atom stereocenters. The van der Waals surface area contributed by atoms with Gasteiger partial charge < -0.3 is 15.4 Å². The molecule has 0 aliphatic rings. The zero-order valence-corrected chi connectivity index (χ0v) is 20.8. The first-order valence-electron chi connectivity index (χ1n) is 12.2. The number of likely N-dealkylation sites (N-methyl/N-ethyl adjacent to an activating group) is 1. The van der Waals surface area contributed by atoms with Gasteiger partial charge in [0.25, 0.3) is 5.91 Å². The summed E-state index contributed by atoms with van der Waals surface area (Å²) < 4.78 is 0. The van der Waals surface area contributed by atoms with Gasteiger partial charge in [0.1, 0.15) is 6.54 Å². The predicted octanol–water partition coefficient (Wildman–Crippen LogP) is 5.44. The van der Waals surface area contributed by atoms with Crippen molar-refractivity contribution in [1.82, 2.24) is 10.3 Å². The average molecular weight is 503 g/mol. The number of aromatic amines is 1. The smallest absolute Gasteiger partial charge is 0.258 e. The van der Waals surface area contributed by atoms with Gasteiger partial charge in [0.2, 0.25) is 5.91 Å². The Bertz CT molecular complexity index is 1610. The zero-order chi connectivity index (χ0) is 26.5. The van der Waals surface area contributed by atoms with Crippen LogP contribution in [0, 0.1) is 0 Å². The Kier molecular flexibility index (Phi) is 6.99. The van der Waals surface area contributed by atoms with Gasteiger partial charge in [0.05, 0.1) is 17.0 Å². The number of aromatic nitrogens is 1. The van der Waals surface area contributed by atoms with Crippen molar-refractivity contribution in [1.29, 1.82) is 0 Å². The molecule has 188 valence electrons. The SMILES string of the molecule is CNC(=O)CN(C(=O)c1ccccc1)c1ccc(N=C(c2ccccc2)c2c(O)[nH]c3ccccc23)cc1. The lowest BCUT2D eigenvalue weighted by Crippen LogP contribution is -2.39. The van der Waals surface area contributed by atoms with E-state index < -0.39 is 0 Å². The summed E-state index contributed by atoms with van der Waals surface area (Å²) in [5.74, 6) is -0.521. The van der Waals surface area contributed by atoms with Gasteiger partial charge in [-0.15, -0.1) is 0 Å². The van der Waals surface area contributed by atoms with E-state index >= 15 is 0 Å². The number of benzene rings is 4. The molecule has 38 heavy (non-hydrogen) atoms. The first-order valence-corrected chi connectivity index (χ1v) is 12.2. The highest BCUT2D eigenvalue weighted by Gasteiger charge is 2.21. The highest BCUT2D eigenvalue weighted by atomic mass is 16.3. The number of H-pyrrole nitrogens is 1. The van der Waals surface area contributed by atoms with Gasteiger partial charge >= 0.3 is 0 Å². The van der Waals surface area contributed by atoms with Crippen molar-refractivity contribution in [2.75, 3.05) is 18.5 Å². The van der Waals surface area contributed by atoms with Crippen molar-refractivity contribution in [3.8, 4) is 5.88 Å². The summed E-state index contributed by atoms with van der Waals surface area (Å²) in [6, 6.07) is 33.3. The monoisotopic (exact) mass is 502 g/mol. The molecule has 5 aromatic rings. The maximum absolute atomic E-state index is 13.2. The number of nitrogens with one attached hydrogen (secondary N) is 2. The van der Waals surface area contributed by atoms with Crippen molar-refractivity contribution in [2.45, 2.75) is 0 Å². The number of rotatable bonds is 7. The van der Waals surface area contributed by atoms with Crippen LogP contribution < -0.4 is 10.2 Å². The molecule has 1 aromatic heterocycles. The van der Waals surface area contributed by atoms with Crippen LogP contribution in [-0.2, 0) is 4.79 Å². The minimum atomic E-state index is -0.280. The van der Waals surface area contributed by atoms with E-state index in [1.165, 1.54) is 11.9 Å². The minimum absolute atomic E-state index is 0.0376. The van der Waals surface area contributed by atoms with Crippen molar-refractivity contribution in [3.63, 3.8) is 0 Å². The molecular weight excluding hydrogens is 476 g/mol. The van der Waals surface area contributed by atoms with Gasteiger partial charge in [-0.1, -0.05) is 66.7 Å². The molecule has 2 amide bonds. The molecule has 4 aromatic carbocycles. The summed E-state index contributed by atoms with van der Waals surface area (Å²) in [5.41, 5.74) is 4.55. The number of fused-ring (bicyclic) bond motifs is 1. The maximum Gasteiger partial charge on any atom is 0.258 e. The van der Waals surface area contributed by atoms with Crippen molar-refractivity contribution >= 4 is 39.8 Å². The van der Waals surface area contributed by atoms with Crippen LogP contribution in [0.25, 0.3) is 10.9 Å². The van der Waals surface area contributed by atoms with Crippen LogP contribution in [-0.4, -0.2) is 41.2 Å². The number of aromatic hydroxyl groups is 1. The van der Waals surface area contributed by atoms with E-state index in [-0.39, 0.29) is 24.2 Å². The van der Waals surface area contributed by atoms with Crippen molar-refractivity contribution in [2.24, 2.45) is 4.99 Å². The number of aliphatic imine (C=N–C) groups is 1. The fourth-order valence-corrected chi connectivity index (χ4v) is 4.30. The lowest BCUT2D eigenvalue weighted by molar-refractivity contribution is -0.119. The van der Waals surface area contributed by atoms with Gasteiger partial charge in [0, 0.05) is 34.8 Å². The number of hydrogen-bond donors (Lipinski definition) is 3. The number of hydrogen-bond acceptors (Lipinski definition) is 4. The van der Waals surface area contributed by atoms with Gasteiger partial charge in [0.15, 0.2) is 5.88 Å². The molecule has 0 unspecified atom stereocenters. The number of para-hydroxylation sites is 1. The summed E-state index contributed by atoms with van der Waals surface area (Å²) in [6.45, 7) is -0.120. The maximum atomic E-state index is 13.2. The fraction of sp³-hybridized carbons (Fsp3) is 0.0645. The largest absolute Gasteiger partial charge is 0.494 e. The Morgan fingerprint density at radius 2 is 1.42 bits per heavy atom. The topological polar surface area (TPSA) is 97.8 Å². The number of nitrogens with zero attached hydrogens (tertiary/aromatic N) is 2. The van der Waals surface area contributed by atoms with Crippen molar-refractivity contribution < 1.29 is 14.7 Å². The molecule has 5 rings (SSSR count). The summed E-state index contributed by atoms with van der Waals surface area (Å²) in [7, 11) is 1.54. The Balaban J connectivity index is 1.56. The minimum Gasteiger partial charge on any atom is -0.494 e. The quantitative estimate of drug-likeness (QED) is 0.259. The van der Waals surface area contributed by atoms with E-state index in [2.05, 4.69) is 10.3 Å². The number of carbonyl (C=O) groups is 2. The standard InChI is InChI=1S/C31H26N4O3/c1-32-27(36)20-35(31(38)22-12-6-3-7-13-22)24-18-16-23(17-19-24)33-29(21-10-4-2-5-11-21)28-25-14-8-9-15-26(25)34-30(28)37/h2-19,34,37H,20H2,1H3,(H,32,36). The summed E-state index contributed by atoms with van der Waals surface area (Å²) in [5, 5.41) is 14.3. The van der Waals surface area contributed by atoms with Crippen LogP contribution >= 0.6 is 0 Å². The first kappa shape index (κ1) is 24.5. The lowest BCUT2D eigenvalue weighted by atomic mass is 10.0. The Hall–Kier alpha value is -5.17. The third kappa shape index (κ3) is 5.03. The molecule has 7 nitrogen and oxygen atoms in total. The highest BCUT2D eigenvalue weighted by Crippen LogP contribution is 2.32. The van der Waals surface area contributed by atoms with E-state index in [0.717, 1.165) is 16.5 Å². The second kappa shape index (κ2) is 10.8. The zero-order valence-electron chi connectivity index (χ0n) is 20.8. The Morgan fingerprint density at radius 3 is 2.08 bits per heavy atom. The summed E-state index contributed by atoms with van der Waals surface area (Å²) in [6.07, 6.45) is 0. The van der Waals surface area contributed by atoms with E-state index in [0.29, 0.717) is 28.2 Å². The average Bonchev–Trinajstić information content (AvgIpc) is 3.30. The Labute approximate surface area is 220 Å². The summed E-state index contributed by atoms with van der Waals surface area (Å²) >= 11 is 0. The van der Waals surface area contributed by atoms with Crippen LogP contribution in [0.3, 0.4) is 0 Å². The van der Waals surface area contributed by atoms with Crippen LogP contribution in [0.1, 0.15) is 21.5 Å². The van der Waals surface area contributed by atoms with E-state index in [9.17, 15) is 14.7 Å². The second-order valence-corrected chi connectivity index (χ2v) is 8.67. The molecule has 0 aliphatic carbocycles.